The summed E-state index contributed by atoms with van der Waals surface area (Å²) in [6.07, 6.45) is 1.23. The van der Waals surface area contributed by atoms with Gasteiger partial charge in [0, 0.05) is 19.0 Å². The maximum Gasteiger partial charge on any atom is 0.261 e. The van der Waals surface area contributed by atoms with Crippen LogP contribution in [-0.2, 0) is 22.6 Å². The van der Waals surface area contributed by atoms with Gasteiger partial charge in [0.1, 0.15) is 11.8 Å². The van der Waals surface area contributed by atoms with E-state index in [1.807, 2.05) is 107 Å². The van der Waals surface area contributed by atoms with Gasteiger partial charge < -0.3 is 15.0 Å². The number of aryl methyl sites for hydroxylation is 2. The first-order valence-electron chi connectivity index (χ1n) is 12.2. The molecule has 2 amide bonds. The summed E-state index contributed by atoms with van der Waals surface area (Å²) in [4.78, 5) is 28.7. The van der Waals surface area contributed by atoms with Crippen molar-refractivity contribution in [2.75, 3.05) is 6.61 Å². The Morgan fingerprint density at radius 1 is 0.914 bits per heavy atom. The summed E-state index contributed by atoms with van der Waals surface area (Å²) in [5, 5.41) is 3.09. The van der Waals surface area contributed by atoms with Crippen LogP contribution in [0.15, 0.2) is 78.9 Å². The van der Waals surface area contributed by atoms with E-state index in [2.05, 4.69) is 5.32 Å². The monoisotopic (exact) mass is 472 g/mol. The second-order valence-corrected chi connectivity index (χ2v) is 9.09. The number of amides is 2. The Hall–Kier alpha value is -3.60. The zero-order chi connectivity index (χ0) is 25.2. The van der Waals surface area contributed by atoms with Crippen molar-refractivity contribution < 1.29 is 14.3 Å². The van der Waals surface area contributed by atoms with Gasteiger partial charge in [0.05, 0.1) is 0 Å². The molecule has 5 nitrogen and oxygen atoms in total. The summed E-state index contributed by atoms with van der Waals surface area (Å²) in [5.74, 6) is 0.292. The van der Waals surface area contributed by atoms with Crippen molar-refractivity contribution >= 4 is 11.8 Å². The predicted molar refractivity (Wildman–Crippen MR) is 140 cm³/mol. The number of ether oxygens (including phenoxy) is 1. The first kappa shape index (κ1) is 26.0. The van der Waals surface area contributed by atoms with Crippen molar-refractivity contribution in [3.05, 3.63) is 101 Å². The van der Waals surface area contributed by atoms with Crippen LogP contribution in [0.4, 0.5) is 0 Å². The molecule has 0 aliphatic heterocycles. The highest BCUT2D eigenvalue weighted by molar-refractivity contribution is 5.88. The number of carbonyl (C=O) groups excluding carboxylic acids is 2. The summed E-state index contributed by atoms with van der Waals surface area (Å²) in [5.41, 5.74) is 4.07. The van der Waals surface area contributed by atoms with Crippen LogP contribution in [0.5, 0.6) is 5.75 Å². The Labute approximate surface area is 209 Å². The highest BCUT2D eigenvalue weighted by Crippen LogP contribution is 2.20. The Morgan fingerprint density at radius 3 is 2.14 bits per heavy atom. The van der Waals surface area contributed by atoms with E-state index in [0.29, 0.717) is 18.7 Å². The topological polar surface area (TPSA) is 58.6 Å². The SMILES string of the molecule is CC[C@@H](C)NC(=O)[C@H](Cc1ccccc1)N(Cc1ccccc1)C(=O)COc1ccc(C)cc1C. The van der Waals surface area contributed by atoms with Crippen molar-refractivity contribution in [3.8, 4) is 5.75 Å². The second kappa shape index (κ2) is 12.7. The van der Waals surface area contributed by atoms with Crippen molar-refractivity contribution in [3.63, 3.8) is 0 Å². The van der Waals surface area contributed by atoms with Gasteiger partial charge in [0.15, 0.2) is 6.61 Å². The van der Waals surface area contributed by atoms with Gasteiger partial charge in [-0.15, -0.1) is 0 Å². The lowest BCUT2D eigenvalue weighted by Gasteiger charge is -2.32. The van der Waals surface area contributed by atoms with Gasteiger partial charge in [-0.3, -0.25) is 9.59 Å². The molecular formula is C30H36N2O3. The molecule has 0 spiro atoms. The zero-order valence-electron chi connectivity index (χ0n) is 21.2. The smallest absolute Gasteiger partial charge is 0.261 e. The molecule has 184 valence electrons. The Morgan fingerprint density at radius 2 is 1.54 bits per heavy atom. The Bertz CT molecular complexity index is 1100. The predicted octanol–water partition coefficient (Wildman–Crippen LogP) is 5.24. The van der Waals surface area contributed by atoms with Crippen molar-refractivity contribution in [1.29, 1.82) is 0 Å². The molecule has 2 atom stereocenters. The number of nitrogens with one attached hydrogen (secondary N) is 1. The maximum absolute atomic E-state index is 13.6. The fraction of sp³-hybridized carbons (Fsp3) is 0.333. The number of nitrogens with zero attached hydrogens (tertiary/aromatic N) is 1. The lowest BCUT2D eigenvalue weighted by atomic mass is 10.0. The molecule has 0 heterocycles. The molecule has 3 aromatic rings. The average Bonchev–Trinajstić information content (AvgIpc) is 2.86. The van der Waals surface area contributed by atoms with E-state index < -0.39 is 6.04 Å². The summed E-state index contributed by atoms with van der Waals surface area (Å²) in [7, 11) is 0. The highest BCUT2D eigenvalue weighted by Gasteiger charge is 2.31. The van der Waals surface area contributed by atoms with E-state index in [0.717, 1.165) is 28.7 Å². The van der Waals surface area contributed by atoms with Crippen LogP contribution in [-0.4, -0.2) is 35.4 Å². The minimum atomic E-state index is -0.665. The Kier molecular flexibility index (Phi) is 9.47. The molecule has 1 N–H and O–H groups in total. The van der Waals surface area contributed by atoms with Crippen LogP contribution in [0.2, 0.25) is 0 Å². The van der Waals surface area contributed by atoms with Crippen LogP contribution in [0, 0.1) is 13.8 Å². The van der Waals surface area contributed by atoms with Gasteiger partial charge in [-0.05, 0) is 49.9 Å². The van der Waals surface area contributed by atoms with Crippen molar-refractivity contribution in [1.82, 2.24) is 10.2 Å². The van der Waals surface area contributed by atoms with E-state index in [1.54, 1.807) is 4.90 Å². The fourth-order valence-corrected chi connectivity index (χ4v) is 3.96. The zero-order valence-corrected chi connectivity index (χ0v) is 21.2. The number of hydrogen-bond donors (Lipinski definition) is 1. The molecule has 0 aromatic heterocycles. The van der Waals surface area contributed by atoms with Crippen LogP contribution >= 0.6 is 0 Å². The minimum Gasteiger partial charge on any atom is -0.483 e. The molecule has 0 saturated heterocycles. The van der Waals surface area contributed by atoms with E-state index in [-0.39, 0.29) is 24.5 Å². The first-order valence-corrected chi connectivity index (χ1v) is 12.2. The molecule has 35 heavy (non-hydrogen) atoms. The highest BCUT2D eigenvalue weighted by atomic mass is 16.5. The summed E-state index contributed by atoms with van der Waals surface area (Å²) in [6.45, 7) is 8.17. The number of benzene rings is 3. The Balaban J connectivity index is 1.90. The van der Waals surface area contributed by atoms with Crippen LogP contribution < -0.4 is 10.1 Å². The maximum atomic E-state index is 13.6. The third-order valence-electron chi connectivity index (χ3n) is 6.15. The average molecular weight is 473 g/mol. The molecule has 5 heteroatoms. The quantitative estimate of drug-likeness (QED) is 0.415. The third-order valence-corrected chi connectivity index (χ3v) is 6.15. The molecule has 0 saturated carbocycles. The molecule has 3 aromatic carbocycles. The van der Waals surface area contributed by atoms with Gasteiger partial charge in [-0.2, -0.15) is 0 Å². The first-order chi connectivity index (χ1) is 16.9. The second-order valence-electron chi connectivity index (χ2n) is 9.09. The molecule has 0 unspecified atom stereocenters. The van der Waals surface area contributed by atoms with Crippen molar-refractivity contribution in [2.24, 2.45) is 0 Å². The number of rotatable bonds is 11. The molecule has 0 fully saturated rings. The molecule has 0 aliphatic carbocycles. The molecule has 0 aliphatic rings. The van der Waals surface area contributed by atoms with Gasteiger partial charge in [0.2, 0.25) is 5.91 Å². The number of carbonyl (C=O) groups is 2. The summed E-state index contributed by atoms with van der Waals surface area (Å²) in [6, 6.07) is 24.8. The van der Waals surface area contributed by atoms with Gasteiger partial charge >= 0.3 is 0 Å². The molecule has 0 radical (unpaired) electrons. The van der Waals surface area contributed by atoms with E-state index in [9.17, 15) is 9.59 Å². The van der Waals surface area contributed by atoms with Crippen molar-refractivity contribution in [2.45, 2.75) is 59.2 Å². The van der Waals surface area contributed by atoms with E-state index in [4.69, 9.17) is 4.74 Å². The standard InChI is InChI=1S/C30H36N2O3/c1-5-24(4)31-30(34)27(19-25-12-8-6-9-13-25)32(20-26-14-10-7-11-15-26)29(33)21-35-28-17-16-22(2)18-23(28)3/h6-18,24,27H,5,19-21H2,1-4H3,(H,31,34)/t24-,27+/m1/s1. The van der Waals surface area contributed by atoms with Crippen LogP contribution in [0.25, 0.3) is 0 Å². The lowest BCUT2D eigenvalue weighted by molar-refractivity contribution is -0.143. The normalized spacial score (nSPS) is 12.5. The summed E-state index contributed by atoms with van der Waals surface area (Å²) < 4.78 is 5.93. The van der Waals surface area contributed by atoms with Gasteiger partial charge in [0.25, 0.3) is 5.91 Å². The fourth-order valence-electron chi connectivity index (χ4n) is 3.96. The molecule has 0 bridgehead atoms. The van der Waals surface area contributed by atoms with Crippen LogP contribution in [0.1, 0.15) is 42.5 Å². The molecule has 3 rings (SSSR count). The third kappa shape index (κ3) is 7.71. The minimum absolute atomic E-state index is 0.0147. The largest absolute Gasteiger partial charge is 0.483 e. The molecular weight excluding hydrogens is 436 g/mol. The summed E-state index contributed by atoms with van der Waals surface area (Å²) >= 11 is 0. The lowest BCUT2D eigenvalue weighted by Crippen LogP contribution is -2.53. The van der Waals surface area contributed by atoms with Gasteiger partial charge in [-0.1, -0.05) is 85.3 Å². The van der Waals surface area contributed by atoms with E-state index >= 15 is 0 Å². The van der Waals surface area contributed by atoms with E-state index in [1.165, 1.54) is 0 Å². The van der Waals surface area contributed by atoms with Crippen LogP contribution in [0.3, 0.4) is 0 Å². The van der Waals surface area contributed by atoms with Gasteiger partial charge in [-0.25, -0.2) is 0 Å². The number of hydrogen-bond acceptors (Lipinski definition) is 3.